The lowest BCUT2D eigenvalue weighted by Gasteiger charge is -2.18. The van der Waals surface area contributed by atoms with Crippen LogP contribution in [0.5, 0.6) is 0 Å². The molecule has 0 heterocycles. The summed E-state index contributed by atoms with van der Waals surface area (Å²) in [6.45, 7) is 6.41. The van der Waals surface area contributed by atoms with Crippen LogP contribution in [0, 0.1) is 5.92 Å². The van der Waals surface area contributed by atoms with Crippen LogP contribution < -0.4 is 5.32 Å². The minimum absolute atomic E-state index is 0.328. The summed E-state index contributed by atoms with van der Waals surface area (Å²) in [5.41, 5.74) is 0. The van der Waals surface area contributed by atoms with Crippen molar-refractivity contribution in [2.24, 2.45) is 5.92 Å². The Morgan fingerprint density at radius 1 is 1.54 bits per heavy atom. The van der Waals surface area contributed by atoms with E-state index in [-0.39, 0.29) is 5.97 Å². The molecule has 0 aliphatic heterocycles. The Kier molecular flexibility index (Phi) is 6.02. The van der Waals surface area contributed by atoms with E-state index >= 15 is 0 Å². The molecule has 0 aliphatic carbocycles. The van der Waals surface area contributed by atoms with Crippen LogP contribution in [0.2, 0.25) is 0 Å². The van der Waals surface area contributed by atoms with Crippen molar-refractivity contribution in [2.75, 3.05) is 7.11 Å². The van der Waals surface area contributed by atoms with Crippen molar-refractivity contribution in [1.82, 2.24) is 5.32 Å². The maximum absolute atomic E-state index is 10.7. The summed E-state index contributed by atoms with van der Waals surface area (Å²) in [6, 6.07) is 0.418. The molecule has 0 rings (SSSR count). The number of nitrogens with one attached hydrogen (secondary N) is 1. The minimum Gasteiger partial charge on any atom is -0.466 e. The van der Waals surface area contributed by atoms with Gasteiger partial charge in [0.05, 0.1) is 7.11 Å². The van der Waals surface area contributed by atoms with Crippen LogP contribution in [0.25, 0.3) is 0 Å². The molecule has 1 atom stereocenters. The summed E-state index contributed by atoms with van der Waals surface area (Å²) >= 11 is 0. The largest absolute Gasteiger partial charge is 0.466 e. The fraction of sp³-hybridized carbons (Fsp3) is 0.700. The highest BCUT2D eigenvalue weighted by Gasteiger charge is 2.07. The summed E-state index contributed by atoms with van der Waals surface area (Å²) < 4.78 is 4.46. The molecule has 0 aromatic carbocycles. The zero-order valence-corrected chi connectivity index (χ0v) is 8.83. The van der Waals surface area contributed by atoms with E-state index in [1.165, 1.54) is 13.2 Å². The van der Waals surface area contributed by atoms with Gasteiger partial charge in [0, 0.05) is 18.3 Å². The maximum Gasteiger partial charge on any atom is 0.331 e. The van der Waals surface area contributed by atoms with Crippen molar-refractivity contribution < 1.29 is 9.53 Å². The van der Waals surface area contributed by atoms with Crippen molar-refractivity contribution >= 4 is 5.97 Å². The van der Waals surface area contributed by atoms with E-state index in [0.29, 0.717) is 12.0 Å². The van der Waals surface area contributed by atoms with Gasteiger partial charge in [0.25, 0.3) is 0 Å². The van der Waals surface area contributed by atoms with Crippen LogP contribution in [0.3, 0.4) is 0 Å². The van der Waals surface area contributed by atoms with Crippen molar-refractivity contribution in [3.63, 3.8) is 0 Å². The van der Waals surface area contributed by atoms with Crippen LogP contribution >= 0.6 is 0 Å². The first kappa shape index (κ1) is 12.0. The Morgan fingerprint density at radius 3 is 2.54 bits per heavy atom. The molecule has 0 saturated heterocycles. The number of ether oxygens (including phenoxy) is 1. The van der Waals surface area contributed by atoms with Gasteiger partial charge in [-0.1, -0.05) is 20.8 Å². The van der Waals surface area contributed by atoms with Crippen LogP contribution in [-0.2, 0) is 9.53 Å². The van der Waals surface area contributed by atoms with Gasteiger partial charge in [-0.3, -0.25) is 0 Å². The number of methoxy groups -OCH3 is 1. The van der Waals surface area contributed by atoms with Gasteiger partial charge in [0.2, 0.25) is 0 Å². The standard InChI is InChI=1S/C10H19NO2/c1-5-9(8(2)3)11-7-6-10(12)13-4/h6-9,11H,5H2,1-4H3/b7-6+. The van der Waals surface area contributed by atoms with Gasteiger partial charge in [-0.25, -0.2) is 4.79 Å². The molecule has 0 amide bonds. The topological polar surface area (TPSA) is 38.3 Å². The molecule has 0 aromatic heterocycles. The summed E-state index contributed by atoms with van der Waals surface area (Å²) in [6.07, 6.45) is 4.09. The van der Waals surface area contributed by atoms with E-state index in [1.54, 1.807) is 6.20 Å². The Morgan fingerprint density at radius 2 is 2.15 bits per heavy atom. The second kappa shape index (κ2) is 6.52. The molecule has 3 nitrogen and oxygen atoms in total. The normalized spacial score (nSPS) is 13.3. The number of carbonyl (C=O) groups excluding carboxylic acids is 1. The van der Waals surface area contributed by atoms with Crippen molar-refractivity contribution in [2.45, 2.75) is 33.2 Å². The molecule has 76 valence electrons. The molecular formula is C10H19NO2. The fourth-order valence-corrected chi connectivity index (χ4v) is 1.09. The molecule has 0 fully saturated rings. The fourth-order valence-electron chi connectivity index (χ4n) is 1.09. The molecule has 3 heteroatoms. The van der Waals surface area contributed by atoms with Gasteiger partial charge in [-0.05, 0) is 12.3 Å². The predicted octanol–water partition coefficient (Wildman–Crippen LogP) is 1.70. The van der Waals surface area contributed by atoms with Gasteiger partial charge >= 0.3 is 5.97 Å². The zero-order valence-electron chi connectivity index (χ0n) is 8.83. The van der Waals surface area contributed by atoms with Crippen molar-refractivity contribution in [3.05, 3.63) is 12.3 Å². The highest BCUT2D eigenvalue weighted by atomic mass is 16.5. The van der Waals surface area contributed by atoms with Crippen molar-refractivity contribution in [1.29, 1.82) is 0 Å². The van der Waals surface area contributed by atoms with Crippen LogP contribution in [0.1, 0.15) is 27.2 Å². The van der Waals surface area contributed by atoms with E-state index < -0.39 is 0 Å². The summed E-state index contributed by atoms with van der Waals surface area (Å²) in [7, 11) is 1.37. The first-order valence-corrected chi connectivity index (χ1v) is 4.62. The monoisotopic (exact) mass is 185 g/mol. The predicted molar refractivity (Wildman–Crippen MR) is 53.2 cm³/mol. The molecule has 1 unspecified atom stereocenters. The molecule has 0 aromatic rings. The number of rotatable bonds is 5. The highest BCUT2D eigenvalue weighted by molar-refractivity contribution is 5.81. The van der Waals surface area contributed by atoms with E-state index in [2.05, 4.69) is 30.8 Å². The van der Waals surface area contributed by atoms with E-state index in [4.69, 9.17) is 0 Å². The third-order valence-electron chi connectivity index (χ3n) is 1.98. The van der Waals surface area contributed by atoms with E-state index in [1.807, 2.05) is 0 Å². The number of carbonyl (C=O) groups is 1. The Bertz CT molecular complexity index is 176. The van der Waals surface area contributed by atoms with Crippen LogP contribution in [0.4, 0.5) is 0 Å². The van der Waals surface area contributed by atoms with Gasteiger partial charge in [0.1, 0.15) is 0 Å². The molecule has 0 spiro atoms. The summed E-state index contributed by atoms with van der Waals surface area (Å²) in [5, 5.41) is 3.15. The van der Waals surface area contributed by atoms with Gasteiger partial charge in [0.15, 0.2) is 0 Å². The second-order valence-electron chi connectivity index (χ2n) is 3.28. The highest BCUT2D eigenvalue weighted by Crippen LogP contribution is 2.04. The molecule has 0 aliphatic rings. The lowest BCUT2D eigenvalue weighted by atomic mass is 10.0. The van der Waals surface area contributed by atoms with Gasteiger partial charge in [-0.15, -0.1) is 0 Å². The Hall–Kier alpha value is -0.990. The van der Waals surface area contributed by atoms with E-state index in [9.17, 15) is 4.79 Å². The first-order valence-electron chi connectivity index (χ1n) is 4.62. The van der Waals surface area contributed by atoms with Crippen LogP contribution in [0.15, 0.2) is 12.3 Å². The SMILES string of the molecule is CCC(N/C=C/C(=O)OC)C(C)C. The van der Waals surface area contributed by atoms with Gasteiger partial charge in [-0.2, -0.15) is 0 Å². The third-order valence-corrected chi connectivity index (χ3v) is 1.98. The molecule has 0 bridgehead atoms. The van der Waals surface area contributed by atoms with Gasteiger partial charge < -0.3 is 10.1 Å². The molecule has 0 radical (unpaired) electrons. The smallest absolute Gasteiger partial charge is 0.331 e. The second-order valence-corrected chi connectivity index (χ2v) is 3.28. The number of hydrogen-bond acceptors (Lipinski definition) is 3. The quantitative estimate of drug-likeness (QED) is 0.523. The average molecular weight is 185 g/mol. The lowest BCUT2D eigenvalue weighted by molar-refractivity contribution is -0.134. The number of esters is 1. The Balaban J connectivity index is 3.84. The summed E-state index contributed by atoms with van der Waals surface area (Å²) in [4.78, 5) is 10.7. The third kappa shape index (κ3) is 5.28. The molecule has 1 N–H and O–H groups in total. The molecule has 13 heavy (non-hydrogen) atoms. The Labute approximate surface area is 80.2 Å². The summed E-state index contributed by atoms with van der Waals surface area (Å²) in [5.74, 6) is 0.235. The number of hydrogen-bond donors (Lipinski definition) is 1. The maximum atomic E-state index is 10.7. The molecule has 0 saturated carbocycles. The first-order chi connectivity index (χ1) is 6.11. The lowest BCUT2D eigenvalue weighted by Crippen LogP contribution is -2.29. The average Bonchev–Trinajstić information content (AvgIpc) is 2.11. The minimum atomic E-state index is -0.328. The molecular weight excluding hydrogens is 166 g/mol. The van der Waals surface area contributed by atoms with E-state index in [0.717, 1.165) is 6.42 Å². The zero-order chi connectivity index (χ0) is 10.3. The van der Waals surface area contributed by atoms with Crippen LogP contribution in [-0.4, -0.2) is 19.1 Å². The van der Waals surface area contributed by atoms with Crippen molar-refractivity contribution in [3.8, 4) is 0 Å².